The molecule has 0 bridgehead atoms. The largest absolute Gasteiger partial charge is 0.507 e. The van der Waals surface area contributed by atoms with Crippen LogP contribution in [0.4, 0.5) is 0 Å². The highest BCUT2D eigenvalue weighted by atomic mass is 16.5. The molecule has 0 aliphatic carbocycles. The van der Waals surface area contributed by atoms with Crippen molar-refractivity contribution < 1.29 is 23.8 Å². The Morgan fingerprint density at radius 2 is 1.76 bits per heavy atom. The molecule has 1 atom stereocenters. The topological polar surface area (TPSA) is 80.0 Å². The van der Waals surface area contributed by atoms with Gasteiger partial charge in [0.05, 0.1) is 30.5 Å². The van der Waals surface area contributed by atoms with Gasteiger partial charge in [0.15, 0.2) is 0 Å². The van der Waals surface area contributed by atoms with Crippen LogP contribution in [0.1, 0.15) is 49.3 Å². The Balaban J connectivity index is 1.79. The van der Waals surface area contributed by atoms with Gasteiger partial charge in [-0.15, -0.1) is 0 Å². The van der Waals surface area contributed by atoms with Crippen LogP contribution in [0.5, 0.6) is 5.75 Å². The molecule has 1 fully saturated rings. The molecule has 1 amide bonds. The van der Waals surface area contributed by atoms with E-state index in [0.29, 0.717) is 17.1 Å². The van der Waals surface area contributed by atoms with Gasteiger partial charge < -0.3 is 19.2 Å². The van der Waals surface area contributed by atoms with E-state index in [1.165, 1.54) is 11.2 Å². The molecule has 1 unspecified atom stereocenters. The van der Waals surface area contributed by atoms with Crippen LogP contribution < -0.4 is 4.74 Å². The molecule has 2 aromatic carbocycles. The lowest BCUT2D eigenvalue weighted by atomic mass is 9.94. The number of aryl methyl sites for hydroxylation is 1. The van der Waals surface area contributed by atoms with Crippen molar-refractivity contribution in [3.05, 3.63) is 95.0 Å². The maximum absolute atomic E-state index is 13.1. The number of carbonyl (C=O) groups is 2. The number of amides is 1. The number of carbonyl (C=O) groups excluding carboxylic acids is 2. The first-order valence-corrected chi connectivity index (χ1v) is 11.1. The van der Waals surface area contributed by atoms with Crippen LogP contribution in [0.3, 0.4) is 0 Å². The fourth-order valence-electron chi connectivity index (χ4n) is 4.01. The number of hydrogen-bond acceptors (Lipinski definition) is 5. The summed E-state index contributed by atoms with van der Waals surface area (Å²) in [6.45, 7) is 6.04. The highest BCUT2D eigenvalue weighted by Gasteiger charge is 2.46. The molecular formula is C27H27NO5. The van der Waals surface area contributed by atoms with Gasteiger partial charge in [-0.2, -0.15) is 0 Å². The number of aliphatic hydroxyl groups is 1. The molecule has 4 rings (SSSR count). The third-order valence-corrected chi connectivity index (χ3v) is 5.65. The second-order valence-electron chi connectivity index (χ2n) is 8.29. The summed E-state index contributed by atoms with van der Waals surface area (Å²) in [7, 11) is 0. The molecule has 6 heteroatoms. The number of benzene rings is 2. The highest BCUT2D eigenvalue weighted by Crippen LogP contribution is 2.40. The maximum Gasteiger partial charge on any atom is 0.296 e. The molecule has 6 nitrogen and oxygen atoms in total. The summed E-state index contributed by atoms with van der Waals surface area (Å²) in [5, 5.41) is 11.2. The van der Waals surface area contributed by atoms with Crippen molar-refractivity contribution >= 4 is 17.4 Å². The number of likely N-dealkylation sites (tertiary alicyclic amines) is 1. The standard InChI is InChI=1S/C27H27NO5/c1-4-18-7-9-19(10-8-18)24-23(25(29)20-11-13-21(14-12-20)33-17(2)3)26(30)27(31)28(24)16-22-6-5-15-32-22/h5-15,17,24,29H,4,16H2,1-3H3/b25-23-. The van der Waals surface area contributed by atoms with E-state index < -0.39 is 17.7 Å². The SMILES string of the molecule is CCc1ccc(C2/C(=C(/O)c3ccc(OC(C)C)cc3)C(=O)C(=O)N2Cc2ccco2)cc1. The van der Waals surface area contributed by atoms with Gasteiger partial charge in [0.2, 0.25) is 0 Å². The molecule has 1 aliphatic heterocycles. The summed E-state index contributed by atoms with van der Waals surface area (Å²) in [4.78, 5) is 27.6. The van der Waals surface area contributed by atoms with Crippen molar-refractivity contribution in [3.8, 4) is 5.75 Å². The minimum absolute atomic E-state index is 0.0162. The smallest absolute Gasteiger partial charge is 0.296 e. The lowest BCUT2D eigenvalue weighted by Gasteiger charge is -2.24. The van der Waals surface area contributed by atoms with Crippen LogP contribution in [0, 0.1) is 0 Å². The number of rotatable bonds is 7. The molecule has 33 heavy (non-hydrogen) atoms. The lowest BCUT2D eigenvalue weighted by Crippen LogP contribution is -2.29. The number of ether oxygens (including phenoxy) is 1. The molecule has 0 radical (unpaired) electrons. The zero-order valence-electron chi connectivity index (χ0n) is 18.9. The van der Waals surface area contributed by atoms with E-state index in [0.717, 1.165) is 17.5 Å². The Hall–Kier alpha value is -3.80. The van der Waals surface area contributed by atoms with Gasteiger partial charge in [0.1, 0.15) is 17.3 Å². The predicted octanol–water partition coefficient (Wildman–Crippen LogP) is 5.25. The van der Waals surface area contributed by atoms with Crippen molar-refractivity contribution in [1.82, 2.24) is 4.90 Å². The molecule has 1 aromatic heterocycles. The Bertz CT molecular complexity index is 1160. The Labute approximate surface area is 193 Å². The zero-order chi connectivity index (χ0) is 23.5. The molecule has 1 N–H and O–H groups in total. The summed E-state index contributed by atoms with van der Waals surface area (Å²) in [6, 6.07) is 17.3. The number of furan rings is 1. The average Bonchev–Trinajstić information content (AvgIpc) is 3.41. The van der Waals surface area contributed by atoms with Gasteiger partial charge in [0, 0.05) is 5.56 Å². The van der Waals surface area contributed by atoms with Gasteiger partial charge in [-0.25, -0.2) is 0 Å². The molecular weight excluding hydrogens is 418 g/mol. The Kier molecular flexibility index (Phi) is 6.36. The fourth-order valence-corrected chi connectivity index (χ4v) is 4.01. The maximum atomic E-state index is 13.1. The minimum atomic E-state index is -0.729. The average molecular weight is 446 g/mol. The van der Waals surface area contributed by atoms with Crippen LogP contribution in [0.25, 0.3) is 5.76 Å². The van der Waals surface area contributed by atoms with E-state index in [4.69, 9.17) is 9.15 Å². The van der Waals surface area contributed by atoms with Gasteiger partial charge in [-0.1, -0.05) is 31.2 Å². The van der Waals surface area contributed by atoms with E-state index >= 15 is 0 Å². The van der Waals surface area contributed by atoms with Crippen molar-refractivity contribution in [2.75, 3.05) is 0 Å². The lowest BCUT2D eigenvalue weighted by molar-refractivity contribution is -0.140. The van der Waals surface area contributed by atoms with Crippen LogP contribution in [-0.4, -0.2) is 27.8 Å². The molecule has 2 heterocycles. The first-order valence-electron chi connectivity index (χ1n) is 11.1. The molecule has 0 spiro atoms. The summed E-state index contributed by atoms with van der Waals surface area (Å²) in [6.07, 6.45) is 2.41. The van der Waals surface area contributed by atoms with Gasteiger partial charge in [0.25, 0.3) is 11.7 Å². The normalized spacial score (nSPS) is 17.7. The predicted molar refractivity (Wildman–Crippen MR) is 125 cm³/mol. The molecule has 1 saturated heterocycles. The number of nitrogens with zero attached hydrogens (tertiary/aromatic N) is 1. The monoisotopic (exact) mass is 445 g/mol. The summed E-state index contributed by atoms with van der Waals surface area (Å²) < 4.78 is 11.1. The van der Waals surface area contributed by atoms with Crippen molar-refractivity contribution in [2.45, 2.75) is 45.9 Å². The second kappa shape index (κ2) is 9.36. The molecule has 3 aromatic rings. The third-order valence-electron chi connectivity index (χ3n) is 5.65. The van der Waals surface area contributed by atoms with Crippen molar-refractivity contribution in [1.29, 1.82) is 0 Å². The van der Waals surface area contributed by atoms with Crippen LogP contribution >= 0.6 is 0 Å². The second-order valence-corrected chi connectivity index (χ2v) is 8.29. The summed E-state index contributed by atoms with van der Waals surface area (Å²) >= 11 is 0. The van der Waals surface area contributed by atoms with E-state index in [1.807, 2.05) is 38.1 Å². The number of Topliss-reactive ketones (excluding diaryl/α,β-unsaturated/α-hetero) is 1. The fraction of sp³-hybridized carbons (Fsp3) is 0.259. The van der Waals surface area contributed by atoms with Gasteiger partial charge in [-0.05, 0) is 67.8 Å². The minimum Gasteiger partial charge on any atom is -0.507 e. The van der Waals surface area contributed by atoms with Gasteiger partial charge in [-0.3, -0.25) is 9.59 Å². The van der Waals surface area contributed by atoms with Gasteiger partial charge >= 0.3 is 0 Å². The van der Waals surface area contributed by atoms with Crippen molar-refractivity contribution in [3.63, 3.8) is 0 Å². The highest BCUT2D eigenvalue weighted by molar-refractivity contribution is 6.46. The number of aliphatic hydroxyl groups excluding tert-OH is 1. The Morgan fingerprint density at radius 3 is 2.33 bits per heavy atom. The van der Waals surface area contributed by atoms with Crippen LogP contribution in [-0.2, 0) is 22.6 Å². The molecule has 1 aliphatic rings. The Morgan fingerprint density at radius 1 is 1.06 bits per heavy atom. The van der Waals surface area contributed by atoms with E-state index in [2.05, 4.69) is 6.92 Å². The van der Waals surface area contributed by atoms with E-state index in [-0.39, 0.29) is 24.0 Å². The third kappa shape index (κ3) is 4.55. The summed E-state index contributed by atoms with van der Waals surface area (Å²) in [5.74, 6) is -0.381. The first kappa shape index (κ1) is 22.4. The zero-order valence-corrected chi connectivity index (χ0v) is 18.9. The quantitative estimate of drug-likeness (QED) is 0.305. The first-order chi connectivity index (χ1) is 15.9. The van der Waals surface area contributed by atoms with Crippen molar-refractivity contribution in [2.24, 2.45) is 0 Å². The van der Waals surface area contributed by atoms with Crippen LogP contribution in [0.15, 0.2) is 76.9 Å². The number of ketones is 1. The summed E-state index contributed by atoms with van der Waals surface area (Å²) in [5.41, 5.74) is 2.40. The number of hydrogen-bond donors (Lipinski definition) is 1. The molecule has 170 valence electrons. The van der Waals surface area contributed by atoms with E-state index in [1.54, 1.807) is 36.4 Å². The van der Waals surface area contributed by atoms with E-state index in [9.17, 15) is 14.7 Å². The molecule has 0 saturated carbocycles. The van der Waals surface area contributed by atoms with Crippen LogP contribution in [0.2, 0.25) is 0 Å².